The largest absolute Gasteiger partial charge is 0.478 e. The highest BCUT2D eigenvalue weighted by molar-refractivity contribution is 7.09. The van der Waals surface area contributed by atoms with E-state index in [9.17, 15) is 4.79 Å². The van der Waals surface area contributed by atoms with Crippen LogP contribution in [0.4, 0.5) is 11.5 Å². The number of rotatable bonds is 5. The topological polar surface area (TPSA) is 79.5 Å². The molecule has 0 spiro atoms. The molecule has 0 radical (unpaired) electrons. The SMILES string of the molecule is Nc1cc(C(=O)O)cnc1N(Cc1cccs1)C1CC1. The molecule has 1 saturated carbocycles. The molecular formula is C14H15N3O2S. The molecule has 0 amide bonds. The second-order valence-corrected chi connectivity index (χ2v) is 5.91. The second kappa shape index (κ2) is 5.13. The maximum atomic E-state index is 10.9. The monoisotopic (exact) mass is 289 g/mol. The second-order valence-electron chi connectivity index (χ2n) is 4.88. The van der Waals surface area contributed by atoms with Gasteiger partial charge in [0.2, 0.25) is 0 Å². The quantitative estimate of drug-likeness (QED) is 0.884. The van der Waals surface area contributed by atoms with Gasteiger partial charge in [0.25, 0.3) is 0 Å². The number of carboxylic acid groups (broad SMARTS) is 1. The van der Waals surface area contributed by atoms with Crippen molar-refractivity contribution in [3.63, 3.8) is 0 Å². The lowest BCUT2D eigenvalue weighted by molar-refractivity contribution is 0.0696. The number of aromatic carboxylic acids is 1. The van der Waals surface area contributed by atoms with Gasteiger partial charge in [-0.2, -0.15) is 0 Å². The van der Waals surface area contributed by atoms with Crippen molar-refractivity contribution in [2.45, 2.75) is 25.4 Å². The lowest BCUT2D eigenvalue weighted by Crippen LogP contribution is -2.26. The number of hydrogen-bond acceptors (Lipinski definition) is 5. The fourth-order valence-corrected chi connectivity index (χ4v) is 2.87. The van der Waals surface area contributed by atoms with Crippen molar-refractivity contribution in [3.05, 3.63) is 40.2 Å². The number of hydrogen-bond donors (Lipinski definition) is 2. The number of anilines is 2. The zero-order valence-electron chi connectivity index (χ0n) is 10.8. The minimum atomic E-state index is -1.01. The Morgan fingerprint density at radius 2 is 2.35 bits per heavy atom. The van der Waals surface area contributed by atoms with E-state index in [1.165, 1.54) is 17.1 Å². The third-order valence-corrected chi connectivity index (χ3v) is 4.17. The fourth-order valence-electron chi connectivity index (χ4n) is 2.17. The number of nitrogen functional groups attached to an aromatic ring is 1. The van der Waals surface area contributed by atoms with Crippen LogP contribution >= 0.6 is 11.3 Å². The first kappa shape index (κ1) is 12.9. The lowest BCUT2D eigenvalue weighted by atomic mass is 10.2. The van der Waals surface area contributed by atoms with Crippen LogP contribution in [0.5, 0.6) is 0 Å². The average molecular weight is 289 g/mol. The maximum Gasteiger partial charge on any atom is 0.337 e. The first-order chi connectivity index (χ1) is 9.65. The maximum absolute atomic E-state index is 10.9. The van der Waals surface area contributed by atoms with Gasteiger partial charge in [0.05, 0.1) is 17.8 Å². The molecule has 0 aliphatic heterocycles. The van der Waals surface area contributed by atoms with Gasteiger partial charge in [-0.3, -0.25) is 0 Å². The molecule has 0 saturated heterocycles. The number of thiophene rings is 1. The van der Waals surface area contributed by atoms with Gasteiger partial charge in [0, 0.05) is 17.1 Å². The van der Waals surface area contributed by atoms with Crippen molar-refractivity contribution < 1.29 is 9.90 Å². The average Bonchev–Trinajstić information content (AvgIpc) is 3.14. The van der Waals surface area contributed by atoms with Crippen LogP contribution in [0.25, 0.3) is 0 Å². The molecule has 3 N–H and O–H groups in total. The highest BCUT2D eigenvalue weighted by Gasteiger charge is 2.31. The molecule has 20 heavy (non-hydrogen) atoms. The van der Waals surface area contributed by atoms with Crippen molar-refractivity contribution in [2.75, 3.05) is 10.6 Å². The number of carboxylic acids is 1. The Balaban J connectivity index is 1.89. The molecule has 0 unspecified atom stereocenters. The summed E-state index contributed by atoms with van der Waals surface area (Å²) in [5.74, 6) is -0.321. The van der Waals surface area contributed by atoms with Gasteiger partial charge in [-0.1, -0.05) is 6.07 Å². The predicted molar refractivity (Wildman–Crippen MR) is 79.1 cm³/mol. The Morgan fingerprint density at radius 3 is 2.90 bits per heavy atom. The summed E-state index contributed by atoms with van der Waals surface area (Å²) in [5, 5.41) is 11.0. The zero-order chi connectivity index (χ0) is 14.1. The molecule has 5 nitrogen and oxygen atoms in total. The summed E-state index contributed by atoms with van der Waals surface area (Å²) in [7, 11) is 0. The van der Waals surface area contributed by atoms with E-state index in [0.29, 0.717) is 17.5 Å². The Morgan fingerprint density at radius 1 is 1.55 bits per heavy atom. The van der Waals surface area contributed by atoms with Gasteiger partial charge in [0.1, 0.15) is 0 Å². The van der Waals surface area contributed by atoms with Crippen molar-refractivity contribution in [1.29, 1.82) is 0 Å². The van der Waals surface area contributed by atoms with E-state index in [1.807, 2.05) is 11.4 Å². The van der Waals surface area contributed by atoms with Gasteiger partial charge in [0.15, 0.2) is 5.82 Å². The molecule has 3 rings (SSSR count). The highest BCUT2D eigenvalue weighted by atomic mass is 32.1. The molecular weight excluding hydrogens is 274 g/mol. The van der Waals surface area contributed by atoms with E-state index in [4.69, 9.17) is 10.8 Å². The van der Waals surface area contributed by atoms with E-state index in [-0.39, 0.29) is 5.56 Å². The predicted octanol–water partition coefficient (Wildman–Crippen LogP) is 2.59. The number of pyridine rings is 1. The van der Waals surface area contributed by atoms with Crippen LogP contribution in [0, 0.1) is 0 Å². The normalized spacial score (nSPS) is 14.2. The number of nitrogens with zero attached hydrogens (tertiary/aromatic N) is 2. The number of nitrogens with two attached hydrogens (primary N) is 1. The third kappa shape index (κ3) is 2.60. The van der Waals surface area contributed by atoms with Crippen LogP contribution in [0.2, 0.25) is 0 Å². The summed E-state index contributed by atoms with van der Waals surface area (Å²) in [4.78, 5) is 18.6. The van der Waals surface area contributed by atoms with E-state index in [1.54, 1.807) is 11.3 Å². The van der Waals surface area contributed by atoms with E-state index < -0.39 is 5.97 Å². The van der Waals surface area contributed by atoms with Crippen LogP contribution in [0.3, 0.4) is 0 Å². The summed E-state index contributed by atoms with van der Waals surface area (Å²) in [6, 6.07) is 6.05. The molecule has 2 aromatic rings. The Bertz CT molecular complexity index is 623. The molecule has 6 heteroatoms. The summed E-state index contributed by atoms with van der Waals surface area (Å²) in [6.45, 7) is 0.770. The minimum Gasteiger partial charge on any atom is -0.478 e. The molecule has 0 aromatic carbocycles. The fraction of sp³-hybridized carbons (Fsp3) is 0.286. The zero-order valence-corrected chi connectivity index (χ0v) is 11.6. The summed E-state index contributed by atoms with van der Waals surface area (Å²) in [6.07, 6.45) is 3.64. The van der Waals surface area contributed by atoms with E-state index in [0.717, 1.165) is 19.4 Å². The number of aromatic nitrogens is 1. The highest BCUT2D eigenvalue weighted by Crippen LogP contribution is 2.35. The van der Waals surface area contributed by atoms with Crippen molar-refractivity contribution >= 4 is 28.8 Å². The van der Waals surface area contributed by atoms with Crippen LogP contribution in [-0.2, 0) is 6.54 Å². The van der Waals surface area contributed by atoms with Crippen LogP contribution in [0.1, 0.15) is 28.1 Å². The third-order valence-electron chi connectivity index (χ3n) is 3.31. The first-order valence-corrected chi connectivity index (χ1v) is 7.31. The van der Waals surface area contributed by atoms with Crippen molar-refractivity contribution in [3.8, 4) is 0 Å². The van der Waals surface area contributed by atoms with Crippen LogP contribution in [0.15, 0.2) is 29.8 Å². The van der Waals surface area contributed by atoms with Crippen LogP contribution < -0.4 is 10.6 Å². The molecule has 0 atom stereocenters. The summed E-state index contributed by atoms with van der Waals surface area (Å²) >= 11 is 1.70. The van der Waals surface area contributed by atoms with Gasteiger partial charge in [-0.05, 0) is 30.4 Å². The first-order valence-electron chi connectivity index (χ1n) is 6.43. The Hall–Kier alpha value is -2.08. The molecule has 104 valence electrons. The van der Waals surface area contributed by atoms with Gasteiger partial charge >= 0.3 is 5.97 Å². The van der Waals surface area contributed by atoms with Gasteiger partial charge in [-0.15, -0.1) is 11.3 Å². The standard InChI is InChI=1S/C14H15N3O2S/c15-12-6-9(14(18)19)7-16-13(12)17(10-3-4-10)8-11-2-1-5-20-11/h1-2,5-7,10H,3-4,8,15H2,(H,18,19). The lowest BCUT2D eigenvalue weighted by Gasteiger charge is -2.24. The van der Waals surface area contributed by atoms with E-state index in [2.05, 4.69) is 16.0 Å². The van der Waals surface area contributed by atoms with Crippen molar-refractivity contribution in [1.82, 2.24) is 4.98 Å². The summed E-state index contributed by atoms with van der Waals surface area (Å²) < 4.78 is 0. The van der Waals surface area contributed by atoms with Gasteiger partial charge < -0.3 is 15.7 Å². The van der Waals surface area contributed by atoms with Crippen molar-refractivity contribution in [2.24, 2.45) is 0 Å². The molecule has 1 aliphatic carbocycles. The molecule has 1 aliphatic rings. The molecule has 2 heterocycles. The van der Waals surface area contributed by atoms with Crippen LogP contribution in [-0.4, -0.2) is 22.1 Å². The van der Waals surface area contributed by atoms with Gasteiger partial charge in [-0.25, -0.2) is 9.78 Å². The molecule has 2 aromatic heterocycles. The molecule has 1 fully saturated rings. The van der Waals surface area contributed by atoms with E-state index >= 15 is 0 Å². The smallest absolute Gasteiger partial charge is 0.337 e. The number of carbonyl (C=O) groups is 1. The summed E-state index contributed by atoms with van der Waals surface area (Å²) in [5.41, 5.74) is 6.54. The Labute approximate surface area is 120 Å². The Kier molecular flexibility index (Phi) is 3.31. The minimum absolute atomic E-state index is 0.123. The molecule has 0 bridgehead atoms.